The van der Waals surface area contributed by atoms with Crippen LogP contribution in [-0.4, -0.2) is 11.5 Å². The van der Waals surface area contributed by atoms with Crippen LogP contribution in [-0.2, 0) is 0 Å². The molecular weight excluding hydrogens is 252 g/mol. The second-order valence-corrected chi connectivity index (χ2v) is 5.02. The van der Waals surface area contributed by atoms with Gasteiger partial charge in [0.15, 0.2) is 0 Å². The van der Waals surface area contributed by atoms with Gasteiger partial charge in [-0.05, 0) is 43.0 Å². The Kier molecular flexibility index (Phi) is 2.29. The van der Waals surface area contributed by atoms with Crippen molar-refractivity contribution in [2.75, 3.05) is 6.54 Å². The lowest BCUT2D eigenvalue weighted by Crippen LogP contribution is -2.12. The van der Waals surface area contributed by atoms with Gasteiger partial charge in [-0.25, -0.2) is 0 Å². The van der Waals surface area contributed by atoms with Gasteiger partial charge in [0.2, 0.25) is 0 Å². The molecular formula is C12H13BrN2. The zero-order chi connectivity index (χ0) is 10.3. The van der Waals surface area contributed by atoms with Crippen molar-refractivity contribution in [2.45, 2.75) is 18.9 Å². The molecule has 0 bridgehead atoms. The fourth-order valence-electron chi connectivity index (χ4n) is 2.26. The highest BCUT2D eigenvalue weighted by atomic mass is 79.9. The van der Waals surface area contributed by atoms with Crippen LogP contribution in [0.3, 0.4) is 0 Å². The van der Waals surface area contributed by atoms with Crippen molar-refractivity contribution in [1.82, 2.24) is 10.3 Å². The maximum absolute atomic E-state index is 3.51. The van der Waals surface area contributed by atoms with Crippen LogP contribution < -0.4 is 5.32 Å². The lowest BCUT2D eigenvalue weighted by atomic mass is 10.1. The normalized spacial score (nSPS) is 21.3. The van der Waals surface area contributed by atoms with E-state index in [1.54, 1.807) is 0 Å². The van der Waals surface area contributed by atoms with Gasteiger partial charge < -0.3 is 10.3 Å². The summed E-state index contributed by atoms with van der Waals surface area (Å²) in [5.74, 6) is 0. The van der Waals surface area contributed by atoms with Crippen LogP contribution in [0.5, 0.6) is 0 Å². The summed E-state index contributed by atoms with van der Waals surface area (Å²) in [6.07, 6.45) is 2.53. The summed E-state index contributed by atoms with van der Waals surface area (Å²) in [4.78, 5) is 3.49. The van der Waals surface area contributed by atoms with Gasteiger partial charge >= 0.3 is 0 Å². The van der Waals surface area contributed by atoms with Crippen molar-refractivity contribution in [3.63, 3.8) is 0 Å². The van der Waals surface area contributed by atoms with Gasteiger partial charge in [0.05, 0.1) is 0 Å². The van der Waals surface area contributed by atoms with E-state index in [-0.39, 0.29) is 0 Å². The number of benzene rings is 1. The van der Waals surface area contributed by atoms with Crippen LogP contribution in [0.1, 0.15) is 24.6 Å². The van der Waals surface area contributed by atoms with E-state index < -0.39 is 0 Å². The topological polar surface area (TPSA) is 27.8 Å². The molecule has 3 heteroatoms. The molecule has 1 fully saturated rings. The number of H-pyrrole nitrogens is 1. The predicted octanol–water partition coefficient (Wildman–Crippen LogP) is 3.35. The van der Waals surface area contributed by atoms with E-state index in [1.807, 2.05) is 0 Å². The Morgan fingerprint density at radius 1 is 1.27 bits per heavy atom. The summed E-state index contributed by atoms with van der Waals surface area (Å²) >= 11 is 3.49. The highest BCUT2D eigenvalue weighted by Gasteiger charge is 2.17. The molecule has 1 aliphatic rings. The van der Waals surface area contributed by atoms with E-state index in [4.69, 9.17) is 0 Å². The fourth-order valence-corrected chi connectivity index (χ4v) is 2.62. The van der Waals surface area contributed by atoms with Gasteiger partial charge in [0.25, 0.3) is 0 Å². The summed E-state index contributed by atoms with van der Waals surface area (Å²) in [5, 5.41) is 4.80. The maximum Gasteiger partial charge on any atom is 0.0473 e. The number of fused-ring (bicyclic) bond motifs is 1. The van der Waals surface area contributed by atoms with Gasteiger partial charge in [-0.1, -0.05) is 22.0 Å². The number of nitrogens with one attached hydrogen (secondary N) is 2. The van der Waals surface area contributed by atoms with E-state index in [0.717, 1.165) is 11.0 Å². The lowest BCUT2D eigenvalue weighted by Gasteiger charge is -2.06. The highest BCUT2D eigenvalue weighted by molar-refractivity contribution is 9.10. The molecule has 0 radical (unpaired) electrons. The van der Waals surface area contributed by atoms with Crippen molar-refractivity contribution >= 4 is 26.8 Å². The van der Waals surface area contributed by atoms with Crippen LogP contribution >= 0.6 is 15.9 Å². The lowest BCUT2D eigenvalue weighted by molar-refractivity contribution is 0.633. The molecule has 15 heavy (non-hydrogen) atoms. The second-order valence-electron chi connectivity index (χ2n) is 4.11. The maximum atomic E-state index is 3.51. The van der Waals surface area contributed by atoms with E-state index in [2.05, 4.69) is 50.5 Å². The molecule has 2 heterocycles. The van der Waals surface area contributed by atoms with Crippen molar-refractivity contribution in [3.05, 3.63) is 34.4 Å². The predicted molar refractivity (Wildman–Crippen MR) is 66.0 cm³/mol. The summed E-state index contributed by atoms with van der Waals surface area (Å²) in [7, 11) is 0. The van der Waals surface area contributed by atoms with Crippen LogP contribution in [0.25, 0.3) is 10.9 Å². The molecule has 2 aromatic rings. The van der Waals surface area contributed by atoms with Gasteiger partial charge in [-0.15, -0.1) is 0 Å². The summed E-state index contributed by atoms with van der Waals surface area (Å²) in [6, 6.07) is 9.14. The minimum absolute atomic E-state index is 0.524. The Morgan fingerprint density at radius 2 is 2.20 bits per heavy atom. The third-order valence-electron chi connectivity index (χ3n) is 3.04. The van der Waals surface area contributed by atoms with E-state index in [1.165, 1.54) is 29.4 Å². The van der Waals surface area contributed by atoms with Crippen LogP contribution in [0.15, 0.2) is 28.7 Å². The first-order valence-electron chi connectivity index (χ1n) is 5.34. The molecule has 2 nitrogen and oxygen atoms in total. The Morgan fingerprint density at radius 3 is 3.00 bits per heavy atom. The largest absolute Gasteiger partial charge is 0.357 e. The van der Waals surface area contributed by atoms with E-state index >= 15 is 0 Å². The number of aromatic amines is 1. The molecule has 1 atom stereocenters. The summed E-state index contributed by atoms with van der Waals surface area (Å²) < 4.78 is 1.13. The summed E-state index contributed by atoms with van der Waals surface area (Å²) in [6.45, 7) is 1.14. The van der Waals surface area contributed by atoms with E-state index in [0.29, 0.717) is 6.04 Å². The van der Waals surface area contributed by atoms with Crippen molar-refractivity contribution < 1.29 is 0 Å². The third kappa shape index (κ3) is 1.70. The minimum Gasteiger partial charge on any atom is -0.357 e. The molecule has 3 rings (SSSR count). The Labute approximate surface area is 97.2 Å². The Bertz CT molecular complexity index is 483. The molecule has 0 amide bonds. The van der Waals surface area contributed by atoms with E-state index in [9.17, 15) is 0 Å². The van der Waals surface area contributed by atoms with Crippen molar-refractivity contribution in [3.8, 4) is 0 Å². The molecule has 78 valence electrons. The number of rotatable bonds is 1. The number of aromatic nitrogens is 1. The summed E-state index contributed by atoms with van der Waals surface area (Å²) in [5.41, 5.74) is 2.54. The van der Waals surface area contributed by atoms with Gasteiger partial charge in [0.1, 0.15) is 0 Å². The molecule has 0 aliphatic carbocycles. The zero-order valence-corrected chi connectivity index (χ0v) is 9.97. The molecule has 0 spiro atoms. The molecule has 1 aromatic heterocycles. The monoisotopic (exact) mass is 264 g/mol. The van der Waals surface area contributed by atoms with Gasteiger partial charge in [-0.2, -0.15) is 0 Å². The minimum atomic E-state index is 0.524. The second kappa shape index (κ2) is 3.65. The first kappa shape index (κ1) is 9.43. The van der Waals surface area contributed by atoms with Gasteiger partial charge in [-0.3, -0.25) is 0 Å². The molecule has 2 N–H and O–H groups in total. The Hall–Kier alpha value is -0.800. The standard InChI is InChI=1S/C12H13BrN2/c13-9-4-3-8-6-12(15-11(8)7-9)10-2-1-5-14-10/h3-4,6-7,10,14-15H,1-2,5H2. The van der Waals surface area contributed by atoms with Crippen molar-refractivity contribution in [1.29, 1.82) is 0 Å². The first-order chi connectivity index (χ1) is 7.33. The first-order valence-corrected chi connectivity index (χ1v) is 6.14. The zero-order valence-electron chi connectivity index (χ0n) is 8.39. The Balaban J connectivity index is 2.05. The average Bonchev–Trinajstić information content (AvgIpc) is 2.84. The number of halogens is 1. The molecule has 1 aliphatic heterocycles. The fraction of sp³-hybridized carbons (Fsp3) is 0.333. The van der Waals surface area contributed by atoms with Crippen LogP contribution in [0, 0.1) is 0 Å². The number of hydrogen-bond donors (Lipinski definition) is 2. The van der Waals surface area contributed by atoms with Gasteiger partial charge in [0, 0.05) is 21.7 Å². The number of hydrogen-bond acceptors (Lipinski definition) is 1. The average molecular weight is 265 g/mol. The quantitative estimate of drug-likeness (QED) is 0.813. The molecule has 0 saturated carbocycles. The third-order valence-corrected chi connectivity index (χ3v) is 3.53. The SMILES string of the molecule is Brc1ccc2cc(C3CCCN3)[nH]c2c1. The molecule has 1 unspecified atom stereocenters. The smallest absolute Gasteiger partial charge is 0.0473 e. The highest BCUT2D eigenvalue weighted by Crippen LogP contribution is 2.27. The van der Waals surface area contributed by atoms with Crippen LogP contribution in [0.2, 0.25) is 0 Å². The van der Waals surface area contributed by atoms with Crippen LogP contribution in [0.4, 0.5) is 0 Å². The van der Waals surface area contributed by atoms with Crippen molar-refractivity contribution in [2.24, 2.45) is 0 Å². The molecule has 1 aromatic carbocycles. The molecule has 1 saturated heterocycles.